The van der Waals surface area contributed by atoms with E-state index in [9.17, 15) is 14.8 Å². The molecule has 8 nitrogen and oxygen atoms in total. The zero-order valence-electron chi connectivity index (χ0n) is 20.6. The molecular formula is C29H25N3O5. The van der Waals surface area contributed by atoms with Gasteiger partial charge in [-0.3, -0.25) is 14.8 Å². The van der Waals surface area contributed by atoms with Gasteiger partial charge in [0.25, 0.3) is 0 Å². The van der Waals surface area contributed by atoms with Crippen LogP contribution in [0.1, 0.15) is 12.5 Å². The lowest BCUT2D eigenvalue weighted by atomic mass is 9.84. The first kappa shape index (κ1) is 24.0. The molecule has 1 aliphatic heterocycles. The third-order valence-electron chi connectivity index (χ3n) is 6.56. The van der Waals surface area contributed by atoms with Crippen LogP contribution >= 0.6 is 0 Å². The Morgan fingerprint density at radius 2 is 1.46 bits per heavy atom. The van der Waals surface area contributed by atoms with E-state index in [1.165, 1.54) is 6.08 Å². The molecule has 2 aliphatic rings. The highest BCUT2D eigenvalue weighted by Crippen LogP contribution is 2.45. The number of Topliss-reactive ketones (excluding diaryl/α,β-unsaturated/α-hetero) is 1. The van der Waals surface area contributed by atoms with Crippen molar-refractivity contribution in [3.8, 4) is 11.5 Å². The highest BCUT2D eigenvalue weighted by molar-refractivity contribution is 6.57. The number of nitrogens with zero attached hydrogens (tertiary/aromatic N) is 2. The number of ketones is 2. The molecule has 1 heterocycles. The number of rotatable bonds is 6. The van der Waals surface area contributed by atoms with Crippen LogP contribution in [0.2, 0.25) is 0 Å². The summed E-state index contributed by atoms with van der Waals surface area (Å²) in [4.78, 5) is 31.9. The van der Waals surface area contributed by atoms with Gasteiger partial charge in [-0.2, -0.15) is 0 Å². The van der Waals surface area contributed by atoms with Crippen LogP contribution in [0.25, 0.3) is 0 Å². The van der Waals surface area contributed by atoms with Gasteiger partial charge < -0.3 is 14.8 Å². The van der Waals surface area contributed by atoms with Crippen molar-refractivity contribution in [3.05, 3.63) is 107 Å². The van der Waals surface area contributed by atoms with Gasteiger partial charge in [-0.25, -0.2) is 10.1 Å². The van der Waals surface area contributed by atoms with Gasteiger partial charge >= 0.3 is 0 Å². The van der Waals surface area contributed by atoms with E-state index < -0.39 is 17.1 Å². The smallest absolute Gasteiger partial charge is 0.207 e. The lowest BCUT2D eigenvalue weighted by molar-refractivity contribution is -0.152. The summed E-state index contributed by atoms with van der Waals surface area (Å²) in [5.74, 6) is 0.424. The molecule has 0 radical (unpaired) electrons. The third-order valence-corrected chi connectivity index (χ3v) is 6.56. The molecule has 5 rings (SSSR count). The molecule has 1 atom stereocenters. The predicted molar refractivity (Wildman–Crippen MR) is 139 cm³/mol. The fraction of sp³-hybridized carbons (Fsp3) is 0.138. The molecule has 2 N–H and O–H groups in total. The van der Waals surface area contributed by atoms with E-state index in [2.05, 4.69) is 10.3 Å². The molecule has 186 valence electrons. The van der Waals surface area contributed by atoms with E-state index in [4.69, 9.17) is 9.47 Å². The Morgan fingerprint density at radius 3 is 2.05 bits per heavy atom. The molecule has 3 aromatic rings. The van der Waals surface area contributed by atoms with E-state index in [0.29, 0.717) is 28.4 Å². The Balaban J connectivity index is 1.63. The molecular weight excluding hydrogens is 470 g/mol. The Hall–Kier alpha value is -4.69. The number of benzene rings is 3. The molecule has 0 fully saturated rings. The molecule has 0 saturated heterocycles. The van der Waals surface area contributed by atoms with Crippen LogP contribution in [0.15, 0.2) is 107 Å². The number of ether oxygens (including phenoxy) is 2. The van der Waals surface area contributed by atoms with Crippen molar-refractivity contribution >= 4 is 28.7 Å². The number of hydrogen-bond acceptors (Lipinski definition) is 8. The molecule has 0 aromatic heterocycles. The van der Waals surface area contributed by atoms with Crippen molar-refractivity contribution in [2.75, 3.05) is 19.5 Å². The van der Waals surface area contributed by atoms with E-state index in [-0.39, 0.29) is 22.7 Å². The summed E-state index contributed by atoms with van der Waals surface area (Å²) in [5.41, 5.74) is 0.721. The Bertz CT molecular complexity index is 1460. The zero-order valence-corrected chi connectivity index (χ0v) is 20.6. The highest BCUT2D eigenvalue weighted by atomic mass is 16.5. The fourth-order valence-corrected chi connectivity index (χ4v) is 4.47. The number of allylic oxidation sites excluding steroid dienone is 1. The first-order valence-electron chi connectivity index (χ1n) is 11.6. The van der Waals surface area contributed by atoms with Crippen LogP contribution in [-0.4, -0.2) is 41.8 Å². The van der Waals surface area contributed by atoms with E-state index in [1.807, 2.05) is 6.07 Å². The van der Waals surface area contributed by atoms with Crippen molar-refractivity contribution in [3.63, 3.8) is 0 Å². The zero-order chi connectivity index (χ0) is 26.2. The summed E-state index contributed by atoms with van der Waals surface area (Å²) in [5, 5.41) is 15.6. The van der Waals surface area contributed by atoms with Gasteiger partial charge in [-0.15, -0.1) is 0 Å². The molecule has 3 aromatic carbocycles. The second kappa shape index (κ2) is 9.40. The van der Waals surface area contributed by atoms with Crippen molar-refractivity contribution in [1.29, 1.82) is 0 Å². The predicted octanol–water partition coefficient (Wildman–Crippen LogP) is 4.80. The molecule has 0 bridgehead atoms. The minimum absolute atomic E-state index is 0.0378. The summed E-state index contributed by atoms with van der Waals surface area (Å²) < 4.78 is 10.4. The number of hydrogen-bond donors (Lipinski definition) is 2. The quantitative estimate of drug-likeness (QED) is 0.474. The maximum absolute atomic E-state index is 14.0. The van der Waals surface area contributed by atoms with Gasteiger partial charge in [0, 0.05) is 11.8 Å². The number of methoxy groups -OCH3 is 2. The van der Waals surface area contributed by atoms with Crippen molar-refractivity contribution in [2.45, 2.75) is 12.5 Å². The number of anilines is 1. The summed E-state index contributed by atoms with van der Waals surface area (Å²) in [7, 11) is 3.13. The summed E-state index contributed by atoms with van der Waals surface area (Å²) >= 11 is 0. The van der Waals surface area contributed by atoms with Gasteiger partial charge in [0.15, 0.2) is 11.3 Å². The number of carbonyl (C=O) groups is 2. The SMILES string of the molecule is COc1ccc(N=C2C(=O)C=C(Nc3ccc(OC)cc3)C3=C2C(=O)C(C)(c2ccccc2)N3O)cc1. The molecule has 1 aliphatic carbocycles. The first-order valence-corrected chi connectivity index (χ1v) is 11.6. The molecule has 1 unspecified atom stereocenters. The molecule has 0 amide bonds. The van der Waals surface area contributed by atoms with Gasteiger partial charge in [-0.1, -0.05) is 30.3 Å². The maximum atomic E-state index is 14.0. The van der Waals surface area contributed by atoms with E-state index in [0.717, 1.165) is 5.06 Å². The van der Waals surface area contributed by atoms with Crippen molar-refractivity contribution < 1.29 is 24.3 Å². The number of aliphatic imine (C=N–C) groups is 1. The van der Waals surface area contributed by atoms with Crippen LogP contribution in [0.4, 0.5) is 11.4 Å². The molecule has 8 heteroatoms. The summed E-state index contributed by atoms with van der Waals surface area (Å²) in [6.45, 7) is 1.63. The first-order chi connectivity index (χ1) is 17.9. The number of carbonyl (C=O) groups excluding carboxylic acids is 2. The average Bonchev–Trinajstić information content (AvgIpc) is 3.14. The number of hydroxylamine groups is 2. The summed E-state index contributed by atoms with van der Waals surface area (Å²) in [6, 6.07) is 22.9. The minimum Gasteiger partial charge on any atom is -0.497 e. The Morgan fingerprint density at radius 1 is 0.865 bits per heavy atom. The molecule has 37 heavy (non-hydrogen) atoms. The topological polar surface area (TPSA) is 100 Å². The maximum Gasteiger partial charge on any atom is 0.207 e. The Labute approximate surface area is 214 Å². The number of nitrogens with one attached hydrogen (secondary N) is 1. The third kappa shape index (κ3) is 4.07. The molecule has 0 spiro atoms. The lowest BCUT2D eigenvalue weighted by Gasteiger charge is -2.33. The van der Waals surface area contributed by atoms with Crippen LogP contribution < -0.4 is 14.8 Å². The lowest BCUT2D eigenvalue weighted by Crippen LogP contribution is -2.43. The highest BCUT2D eigenvalue weighted by Gasteiger charge is 2.54. The summed E-state index contributed by atoms with van der Waals surface area (Å²) in [6.07, 6.45) is 1.35. The second-order valence-corrected chi connectivity index (χ2v) is 8.74. The van der Waals surface area contributed by atoms with Crippen LogP contribution in [0.5, 0.6) is 11.5 Å². The average molecular weight is 496 g/mol. The molecule has 0 saturated carbocycles. The van der Waals surface area contributed by atoms with Gasteiger partial charge in [-0.05, 0) is 61.0 Å². The van der Waals surface area contributed by atoms with Gasteiger partial charge in [0.05, 0.1) is 31.2 Å². The van der Waals surface area contributed by atoms with Crippen LogP contribution in [-0.2, 0) is 15.1 Å². The van der Waals surface area contributed by atoms with Crippen LogP contribution in [0.3, 0.4) is 0 Å². The fourth-order valence-electron chi connectivity index (χ4n) is 4.47. The standard InChI is InChI=1S/C29H25N3O5/c1-29(18-7-5-4-6-8-18)28(34)25-26(31-20-11-15-22(37-3)16-12-20)24(33)17-23(27(25)32(29)35)30-19-9-13-21(36-2)14-10-19/h4-17,30,35H,1-3H3. The monoisotopic (exact) mass is 495 g/mol. The van der Waals surface area contributed by atoms with Crippen molar-refractivity contribution in [1.82, 2.24) is 5.06 Å². The van der Waals surface area contributed by atoms with E-state index in [1.54, 1.807) is 93.9 Å². The normalized spacial score (nSPS) is 20.2. The van der Waals surface area contributed by atoms with E-state index >= 15 is 0 Å². The second-order valence-electron chi connectivity index (χ2n) is 8.74. The largest absolute Gasteiger partial charge is 0.497 e. The van der Waals surface area contributed by atoms with Crippen molar-refractivity contribution in [2.24, 2.45) is 4.99 Å². The van der Waals surface area contributed by atoms with Crippen LogP contribution in [0, 0.1) is 0 Å². The minimum atomic E-state index is -1.46. The van der Waals surface area contributed by atoms with Gasteiger partial charge in [0.2, 0.25) is 5.78 Å². The Kier molecular flexibility index (Phi) is 6.11. The van der Waals surface area contributed by atoms with Gasteiger partial charge in [0.1, 0.15) is 22.9 Å².